The van der Waals surface area contributed by atoms with Gasteiger partial charge in [-0.2, -0.15) is 0 Å². The van der Waals surface area contributed by atoms with E-state index in [-0.39, 0.29) is 34.3 Å². The maximum absolute atomic E-state index is 10.2. The first-order chi connectivity index (χ1) is 5.56. The van der Waals surface area contributed by atoms with Gasteiger partial charge in [-0.05, 0) is 0 Å². The van der Waals surface area contributed by atoms with E-state index >= 15 is 0 Å². The van der Waals surface area contributed by atoms with Crippen LogP contribution in [-0.2, 0) is 9.59 Å². The topological polar surface area (TPSA) is 86.6 Å². The molecule has 72 valence electrons. The van der Waals surface area contributed by atoms with Crippen molar-refractivity contribution in [1.82, 2.24) is 3.53 Å². The molecule has 0 aromatic heterocycles. The zero-order chi connectivity index (χ0) is 9.56. The number of carboxylic acid groups (broad SMARTS) is 2. The van der Waals surface area contributed by atoms with Crippen LogP contribution in [-0.4, -0.2) is 33.1 Å². The summed E-state index contributed by atoms with van der Waals surface area (Å²) in [7, 11) is 0. The molecule has 0 atom stereocenters. The Morgan fingerprint density at radius 3 is 2.00 bits per heavy atom. The molecule has 0 fully saturated rings. The zero-order valence-electron chi connectivity index (χ0n) is 6.58. The van der Waals surface area contributed by atoms with E-state index < -0.39 is 18.0 Å². The normalized spacial score (nSPS) is 10.5. The van der Waals surface area contributed by atoms with Gasteiger partial charge in [0.25, 0.3) is 0 Å². The summed E-state index contributed by atoms with van der Waals surface area (Å²) >= 11 is -0.273. The Morgan fingerprint density at radius 1 is 1.33 bits per heavy atom. The van der Waals surface area contributed by atoms with Gasteiger partial charge < -0.3 is 0 Å². The van der Waals surface area contributed by atoms with Gasteiger partial charge in [0.2, 0.25) is 0 Å². The van der Waals surface area contributed by atoms with Crippen LogP contribution in [0, 0.1) is 0 Å². The molecule has 3 N–H and O–H groups in total. The molecular formula is C6H11INO4-. The number of alkyl halides is 1. The Morgan fingerprint density at radius 2 is 1.75 bits per heavy atom. The summed E-state index contributed by atoms with van der Waals surface area (Å²) in [6, 6.07) is -0.419. The average Bonchev–Trinajstić information content (AvgIpc) is 1.84. The van der Waals surface area contributed by atoms with Crippen molar-refractivity contribution in [2.24, 2.45) is 0 Å². The Bertz CT molecular complexity index is 157. The van der Waals surface area contributed by atoms with Crippen molar-refractivity contribution < 1.29 is 41.3 Å². The summed E-state index contributed by atoms with van der Waals surface area (Å²) < 4.78 is 2.89. The van der Waals surface area contributed by atoms with Gasteiger partial charge in [-0.1, -0.05) is 0 Å². The molecule has 0 aliphatic rings. The van der Waals surface area contributed by atoms with Crippen LogP contribution in [0.2, 0.25) is 0 Å². The molecule has 0 bridgehead atoms. The third-order valence-electron chi connectivity index (χ3n) is 1.11. The van der Waals surface area contributed by atoms with Crippen molar-refractivity contribution in [2.75, 3.05) is 4.93 Å². The van der Waals surface area contributed by atoms with Crippen molar-refractivity contribution in [3.05, 3.63) is 0 Å². The first-order valence-electron chi connectivity index (χ1n) is 3.23. The van der Waals surface area contributed by atoms with Crippen molar-refractivity contribution in [3.8, 4) is 0 Å². The van der Waals surface area contributed by atoms with E-state index in [0.717, 1.165) is 0 Å². The van der Waals surface area contributed by atoms with Gasteiger partial charge in [0, 0.05) is 0 Å². The molecular weight excluding hydrogens is 277 g/mol. The number of aliphatic carboxylic acids is 2. The second kappa shape index (κ2) is 6.18. The Labute approximate surface area is 80.8 Å². The molecule has 0 spiro atoms. The second-order valence-corrected chi connectivity index (χ2v) is 3.89. The van der Waals surface area contributed by atoms with E-state index in [1.54, 1.807) is 0 Å². The molecule has 0 saturated carbocycles. The monoisotopic (exact) mass is 288 g/mol. The van der Waals surface area contributed by atoms with Crippen LogP contribution in [0.4, 0.5) is 0 Å². The fraction of sp³-hybridized carbons (Fsp3) is 0.667. The predicted molar refractivity (Wildman–Crippen MR) is 37.4 cm³/mol. The van der Waals surface area contributed by atoms with Gasteiger partial charge in [0.1, 0.15) is 0 Å². The number of carbonyl (C=O) groups is 2. The molecule has 5 nitrogen and oxygen atoms in total. The number of nitrogens with one attached hydrogen (secondary N) is 1. The van der Waals surface area contributed by atoms with Gasteiger partial charge in [-0.3, -0.25) is 0 Å². The van der Waals surface area contributed by atoms with E-state index in [4.69, 9.17) is 10.2 Å². The van der Waals surface area contributed by atoms with Crippen LogP contribution < -0.4 is 25.0 Å². The first-order valence-corrected chi connectivity index (χ1v) is 6.47. The van der Waals surface area contributed by atoms with Crippen LogP contribution in [0.25, 0.3) is 0 Å². The quantitative estimate of drug-likeness (QED) is 0.268. The maximum atomic E-state index is 10.2. The summed E-state index contributed by atoms with van der Waals surface area (Å²) in [5, 5.41) is 16.8. The van der Waals surface area contributed by atoms with Gasteiger partial charge >= 0.3 is 80.6 Å². The second-order valence-electron chi connectivity index (χ2n) is 2.19. The standard InChI is InChI=1S/C6H11INO4/c1-7-8-4(2-5(9)10)3-6(11)12/h4,8H,2-3H2,1H3,(H,9,10)(H,11,12)/q-1. The van der Waals surface area contributed by atoms with Gasteiger partial charge in [0.05, 0.1) is 0 Å². The molecule has 0 saturated heterocycles. The van der Waals surface area contributed by atoms with Crippen molar-refractivity contribution >= 4 is 11.9 Å². The average molecular weight is 288 g/mol. The molecule has 0 aliphatic heterocycles. The van der Waals surface area contributed by atoms with Gasteiger partial charge in [-0.25, -0.2) is 0 Å². The van der Waals surface area contributed by atoms with Crippen LogP contribution >= 0.6 is 0 Å². The molecule has 0 amide bonds. The van der Waals surface area contributed by atoms with Crippen molar-refractivity contribution in [3.63, 3.8) is 0 Å². The van der Waals surface area contributed by atoms with Gasteiger partial charge in [0.15, 0.2) is 0 Å². The number of rotatable bonds is 6. The molecule has 12 heavy (non-hydrogen) atoms. The number of hydrogen-bond acceptors (Lipinski definition) is 3. The number of halogens is 1. The van der Waals surface area contributed by atoms with E-state index in [2.05, 4.69) is 3.53 Å². The van der Waals surface area contributed by atoms with Crippen molar-refractivity contribution in [2.45, 2.75) is 18.9 Å². The minimum absolute atomic E-state index is 0.125. The van der Waals surface area contributed by atoms with E-state index in [1.807, 2.05) is 4.93 Å². The van der Waals surface area contributed by atoms with Crippen molar-refractivity contribution in [1.29, 1.82) is 0 Å². The molecule has 0 aromatic carbocycles. The molecule has 0 radical (unpaired) electrons. The number of hydrogen-bond donors (Lipinski definition) is 3. The van der Waals surface area contributed by atoms with Crippen LogP contribution in [0.1, 0.15) is 12.8 Å². The fourth-order valence-corrected chi connectivity index (χ4v) is 2.05. The zero-order valence-corrected chi connectivity index (χ0v) is 8.74. The van der Waals surface area contributed by atoms with Crippen LogP contribution in [0.15, 0.2) is 0 Å². The summed E-state index contributed by atoms with van der Waals surface area (Å²) in [6.07, 6.45) is -0.250. The Hall–Kier alpha value is -0.370. The summed E-state index contributed by atoms with van der Waals surface area (Å²) in [5.41, 5.74) is 0. The minimum atomic E-state index is -0.966. The Balaban J connectivity index is 3.85. The molecule has 0 heterocycles. The summed E-state index contributed by atoms with van der Waals surface area (Å²) in [6.45, 7) is 0. The molecule has 0 unspecified atom stereocenters. The third kappa shape index (κ3) is 6.35. The van der Waals surface area contributed by atoms with E-state index in [9.17, 15) is 9.59 Å². The Kier molecular flexibility index (Phi) is 5.99. The number of carboxylic acids is 2. The van der Waals surface area contributed by atoms with E-state index in [1.165, 1.54) is 0 Å². The predicted octanol–water partition coefficient (Wildman–Crippen LogP) is -3.47. The molecule has 0 rings (SSSR count). The molecule has 0 aromatic rings. The fourth-order valence-electron chi connectivity index (χ4n) is 0.725. The van der Waals surface area contributed by atoms with E-state index in [0.29, 0.717) is 0 Å². The summed E-state index contributed by atoms with van der Waals surface area (Å²) in [4.78, 5) is 22.4. The first kappa shape index (κ1) is 11.6. The van der Waals surface area contributed by atoms with Gasteiger partial charge in [-0.15, -0.1) is 0 Å². The third-order valence-corrected chi connectivity index (χ3v) is 2.61. The van der Waals surface area contributed by atoms with Crippen LogP contribution in [0.3, 0.4) is 0 Å². The van der Waals surface area contributed by atoms with Crippen LogP contribution in [0.5, 0.6) is 0 Å². The summed E-state index contributed by atoms with van der Waals surface area (Å²) in [5.74, 6) is -1.93. The molecule has 0 aliphatic carbocycles. The SMILES string of the molecule is C[I-]NC(CC(=O)O)CC(=O)O. The molecule has 6 heteroatoms.